The third-order valence-electron chi connectivity index (χ3n) is 5.91. The quantitative estimate of drug-likeness (QED) is 0.382. The van der Waals surface area contributed by atoms with Crippen molar-refractivity contribution in [3.05, 3.63) is 119 Å². The largest absolute Gasteiger partial charge is 0.463 e. The van der Waals surface area contributed by atoms with E-state index in [1.54, 1.807) is 67.6 Å². The molecular formula is C29H27F2NO3S. The predicted octanol–water partition coefficient (Wildman–Crippen LogP) is 5.97. The zero-order valence-corrected chi connectivity index (χ0v) is 20.9. The molecule has 0 aromatic heterocycles. The fourth-order valence-corrected chi connectivity index (χ4v) is 5.30. The molecule has 0 saturated carbocycles. The fraction of sp³-hybridized carbons (Fsp3) is 0.207. The Labute approximate surface area is 212 Å². The highest BCUT2D eigenvalue weighted by atomic mass is 32.2. The molecule has 4 nitrogen and oxygen atoms in total. The highest BCUT2D eigenvalue weighted by molar-refractivity contribution is 7.85. The van der Waals surface area contributed by atoms with Crippen LogP contribution in [0.15, 0.2) is 107 Å². The molecule has 0 amide bonds. The maximum Gasteiger partial charge on any atom is 0.336 e. The number of carbonyl (C=O) groups excluding carboxylic acids is 1. The topological polar surface area (TPSA) is 55.4 Å². The number of esters is 1. The standard InChI is InChI=1S/C29H27F2NO3S/c1-3-35-28(33)26-22(19-36(34)24-16-14-20(2)15-17-24)18-25(29(30,31)23-12-8-5-9-13-23)32-27(26)21-10-6-4-7-11-21/h4-18,22,32H,3,19H2,1-2H3/t22-,36?/m1/s1. The number of benzene rings is 3. The molecule has 2 atom stereocenters. The number of allylic oxidation sites excluding steroid dienone is 2. The molecule has 7 heteroatoms. The Morgan fingerprint density at radius 3 is 2.19 bits per heavy atom. The number of halogens is 2. The van der Waals surface area contributed by atoms with Crippen LogP contribution in [0.4, 0.5) is 8.78 Å². The summed E-state index contributed by atoms with van der Waals surface area (Å²) >= 11 is 0. The summed E-state index contributed by atoms with van der Waals surface area (Å²) < 4.78 is 50.1. The molecule has 0 saturated heterocycles. The maximum absolute atomic E-state index is 15.7. The molecule has 0 spiro atoms. The van der Waals surface area contributed by atoms with Crippen molar-refractivity contribution < 1.29 is 22.5 Å². The molecule has 36 heavy (non-hydrogen) atoms. The Morgan fingerprint density at radius 1 is 0.972 bits per heavy atom. The number of rotatable bonds is 8. The van der Waals surface area contributed by atoms with Crippen LogP contribution in [-0.2, 0) is 26.3 Å². The molecule has 1 aliphatic heterocycles. The summed E-state index contributed by atoms with van der Waals surface area (Å²) in [5, 5.41) is 2.84. The van der Waals surface area contributed by atoms with Crippen LogP contribution in [-0.4, -0.2) is 22.5 Å². The highest BCUT2D eigenvalue weighted by Gasteiger charge is 2.42. The molecule has 186 valence electrons. The summed E-state index contributed by atoms with van der Waals surface area (Å²) in [5.74, 6) is -4.92. The van der Waals surface area contributed by atoms with Crippen LogP contribution in [0.2, 0.25) is 0 Å². The number of dihydropyridines is 1. The molecule has 0 fully saturated rings. The van der Waals surface area contributed by atoms with Gasteiger partial charge in [-0.15, -0.1) is 0 Å². The van der Waals surface area contributed by atoms with Gasteiger partial charge in [0.15, 0.2) is 0 Å². The molecule has 1 heterocycles. The number of carbonyl (C=O) groups is 1. The van der Waals surface area contributed by atoms with Gasteiger partial charge in [0.1, 0.15) is 0 Å². The minimum absolute atomic E-state index is 0.0520. The van der Waals surface area contributed by atoms with Crippen LogP contribution in [0.25, 0.3) is 5.70 Å². The van der Waals surface area contributed by atoms with E-state index < -0.39 is 28.6 Å². The fourth-order valence-electron chi connectivity index (χ4n) is 4.08. The average molecular weight is 508 g/mol. The van der Waals surface area contributed by atoms with Crippen LogP contribution in [0.3, 0.4) is 0 Å². The number of ether oxygens (including phenoxy) is 1. The smallest absolute Gasteiger partial charge is 0.336 e. The first-order valence-electron chi connectivity index (χ1n) is 11.7. The van der Waals surface area contributed by atoms with Gasteiger partial charge < -0.3 is 10.1 Å². The Hall–Kier alpha value is -3.58. The summed E-state index contributed by atoms with van der Waals surface area (Å²) in [4.78, 5) is 13.7. The lowest BCUT2D eigenvalue weighted by atomic mass is 9.89. The molecule has 0 bridgehead atoms. The van der Waals surface area contributed by atoms with Crippen molar-refractivity contribution in [1.29, 1.82) is 0 Å². The number of nitrogens with one attached hydrogen (secondary N) is 1. The van der Waals surface area contributed by atoms with Gasteiger partial charge in [-0.25, -0.2) is 4.79 Å². The second-order valence-electron chi connectivity index (χ2n) is 8.45. The lowest BCUT2D eigenvalue weighted by molar-refractivity contribution is -0.138. The second kappa shape index (κ2) is 11.0. The van der Waals surface area contributed by atoms with Crippen molar-refractivity contribution in [2.45, 2.75) is 24.7 Å². The zero-order chi connectivity index (χ0) is 25.7. The van der Waals surface area contributed by atoms with E-state index >= 15 is 8.78 Å². The summed E-state index contributed by atoms with van der Waals surface area (Å²) in [6.07, 6.45) is 1.32. The summed E-state index contributed by atoms with van der Waals surface area (Å²) in [7, 11) is -1.55. The zero-order valence-electron chi connectivity index (χ0n) is 20.0. The molecular weight excluding hydrogens is 480 g/mol. The third-order valence-corrected chi connectivity index (χ3v) is 7.37. The van der Waals surface area contributed by atoms with Crippen LogP contribution in [0.1, 0.15) is 23.6 Å². The van der Waals surface area contributed by atoms with E-state index in [4.69, 9.17) is 4.74 Å². The van der Waals surface area contributed by atoms with Crippen LogP contribution >= 0.6 is 0 Å². The first-order valence-corrected chi connectivity index (χ1v) is 13.0. The van der Waals surface area contributed by atoms with E-state index in [9.17, 15) is 9.00 Å². The summed E-state index contributed by atoms with van der Waals surface area (Å²) in [6.45, 7) is 3.73. The molecule has 1 aliphatic rings. The van der Waals surface area contributed by atoms with Gasteiger partial charge in [0.05, 0.1) is 34.4 Å². The molecule has 1 unspecified atom stereocenters. The van der Waals surface area contributed by atoms with Crippen LogP contribution in [0, 0.1) is 12.8 Å². The van der Waals surface area contributed by atoms with E-state index in [-0.39, 0.29) is 34.9 Å². The second-order valence-corrected chi connectivity index (χ2v) is 9.95. The van der Waals surface area contributed by atoms with Crippen molar-refractivity contribution in [3.63, 3.8) is 0 Å². The maximum atomic E-state index is 15.7. The highest BCUT2D eigenvalue weighted by Crippen LogP contribution is 2.41. The lowest BCUT2D eigenvalue weighted by Gasteiger charge is -2.31. The Bertz CT molecular complexity index is 1300. The van der Waals surface area contributed by atoms with Crippen molar-refractivity contribution in [3.8, 4) is 0 Å². The Kier molecular flexibility index (Phi) is 7.79. The van der Waals surface area contributed by atoms with Crippen LogP contribution in [0.5, 0.6) is 0 Å². The number of aryl methyl sites for hydroxylation is 1. The van der Waals surface area contributed by atoms with Crippen LogP contribution < -0.4 is 5.32 Å². The van der Waals surface area contributed by atoms with Crippen molar-refractivity contribution in [2.75, 3.05) is 12.4 Å². The molecule has 1 N–H and O–H groups in total. The van der Waals surface area contributed by atoms with Gasteiger partial charge in [-0.05, 0) is 37.6 Å². The van der Waals surface area contributed by atoms with Gasteiger partial charge >= 0.3 is 11.9 Å². The van der Waals surface area contributed by atoms with Gasteiger partial charge in [-0.2, -0.15) is 8.78 Å². The predicted molar refractivity (Wildman–Crippen MR) is 137 cm³/mol. The van der Waals surface area contributed by atoms with Gasteiger partial charge in [-0.1, -0.05) is 78.4 Å². The van der Waals surface area contributed by atoms with Crippen molar-refractivity contribution >= 4 is 22.5 Å². The normalized spacial score (nSPS) is 16.7. The monoisotopic (exact) mass is 507 g/mol. The van der Waals surface area contributed by atoms with Gasteiger partial charge in [-0.3, -0.25) is 4.21 Å². The number of alkyl halides is 2. The Balaban J connectivity index is 1.83. The molecule has 3 aromatic rings. The molecule has 4 rings (SSSR count). The first-order chi connectivity index (χ1) is 17.3. The molecule has 0 radical (unpaired) electrons. The van der Waals surface area contributed by atoms with E-state index in [0.29, 0.717) is 10.5 Å². The number of hydrogen-bond donors (Lipinski definition) is 1. The SMILES string of the molecule is CCOC(=O)C1=C(c2ccccc2)NC(C(F)(F)c2ccccc2)=C[C@@H]1CS(=O)c1ccc(C)cc1. The van der Waals surface area contributed by atoms with E-state index in [1.165, 1.54) is 18.2 Å². The van der Waals surface area contributed by atoms with Crippen molar-refractivity contribution in [1.82, 2.24) is 5.32 Å². The van der Waals surface area contributed by atoms with Gasteiger partial charge in [0.25, 0.3) is 0 Å². The van der Waals surface area contributed by atoms with E-state index in [0.717, 1.165) is 5.56 Å². The van der Waals surface area contributed by atoms with Gasteiger partial charge in [0, 0.05) is 22.1 Å². The Morgan fingerprint density at radius 2 is 1.58 bits per heavy atom. The first kappa shape index (κ1) is 25.5. The molecule has 3 aromatic carbocycles. The van der Waals surface area contributed by atoms with E-state index in [1.807, 2.05) is 19.1 Å². The minimum Gasteiger partial charge on any atom is -0.463 e. The minimum atomic E-state index is -3.37. The number of hydrogen-bond acceptors (Lipinski definition) is 4. The van der Waals surface area contributed by atoms with E-state index in [2.05, 4.69) is 5.32 Å². The third kappa shape index (κ3) is 5.46. The van der Waals surface area contributed by atoms with Gasteiger partial charge in [0.2, 0.25) is 0 Å². The summed E-state index contributed by atoms with van der Waals surface area (Å²) in [6, 6.07) is 23.5. The summed E-state index contributed by atoms with van der Waals surface area (Å²) in [5.41, 5.74) is 1.42. The lowest BCUT2D eigenvalue weighted by Crippen LogP contribution is -2.36. The average Bonchev–Trinajstić information content (AvgIpc) is 2.89. The molecule has 0 aliphatic carbocycles. The van der Waals surface area contributed by atoms with Crippen molar-refractivity contribution in [2.24, 2.45) is 5.92 Å².